The summed E-state index contributed by atoms with van der Waals surface area (Å²) in [5.74, 6) is 2.63. The number of hydrogen-bond donors (Lipinski definition) is 1. The van der Waals surface area contributed by atoms with Gasteiger partial charge in [-0.1, -0.05) is 38.1 Å². The van der Waals surface area contributed by atoms with Crippen molar-refractivity contribution >= 4 is 5.91 Å². The zero-order valence-corrected chi connectivity index (χ0v) is 18.9. The number of carbonyl (C=O) groups is 1. The number of amides is 1. The van der Waals surface area contributed by atoms with Crippen LogP contribution >= 0.6 is 0 Å². The van der Waals surface area contributed by atoms with Gasteiger partial charge in [-0.2, -0.15) is 0 Å². The largest absolute Gasteiger partial charge is 0.496 e. The topological polar surface area (TPSA) is 85.2 Å². The molecule has 168 valence electrons. The maximum Gasteiger partial charge on any atom is 0.270 e. The Balaban J connectivity index is 1.49. The van der Waals surface area contributed by atoms with Crippen LogP contribution in [0.1, 0.15) is 47.6 Å². The summed E-state index contributed by atoms with van der Waals surface area (Å²) < 4.78 is 7.69. The first-order valence-electron chi connectivity index (χ1n) is 11.0. The van der Waals surface area contributed by atoms with Crippen molar-refractivity contribution in [3.05, 3.63) is 71.6 Å². The molecule has 1 aliphatic rings. The lowest BCUT2D eigenvalue weighted by Gasteiger charge is -2.23. The number of pyridine rings is 1. The minimum atomic E-state index is -0.244. The minimum absolute atomic E-state index is 0.156. The van der Waals surface area contributed by atoms with Crippen molar-refractivity contribution in [3.63, 3.8) is 0 Å². The van der Waals surface area contributed by atoms with Gasteiger partial charge in [-0.15, -0.1) is 10.2 Å². The van der Waals surface area contributed by atoms with Gasteiger partial charge < -0.3 is 14.6 Å². The van der Waals surface area contributed by atoms with Crippen molar-refractivity contribution in [2.24, 2.45) is 5.92 Å². The van der Waals surface area contributed by atoms with Gasteiger partial charge in [0.25, 0.3) is 5.91 Å². The molecule has 3 aromatic rings. The van der Waals surface area contributed by atoms with E-state index in [2.05, 4.69) is 49.9 Å². The quantitative estimate of drug-likeness (QED) is 0.616. The van der Waals surface area contributed by atoms with Gasteiger partial charge >= 0.3 is 0 Å². The Kier molecular flexibility index (Phi) is 6.80. The highest BCUT2D eigenvalue weighted by Crippen LogP contribution is 2.24. The number of benzene rings is 1. The van der Waals surface area contributed by atoms with Crippen LogP contribution in [0.4, 0.5) is 0 Å². The highest BCUT2D eigenvalue weighted by atomic mass is 16.5. The van der Waals surface area contributed by atoms with E-state index in [0.717, 1.165) is 50.0 Å². The van der Waals surface area contributed by atoms with Crippen molar-refractivity contribution < 1.29 is 9.53 Å². The molecule has 0 saturated heterocycles. The van der Waals surface area contributed by atoms with E-state index in [0.29, 0.717) is 5.69 Å². The molecule has 4 rings (SSSR count). The van der Waals surface area contributed by atoms with Gasteiger partial charge in [-0.25, -0.2) is 0 Å². The third-order valence-electron chi connectivity index (χ3n) is 5.86. The molecule has 1 N–H and O–H groups in total. The van der Waals surface area contributed by atoms with Gasteiger partial charge in [0, 0.05) is 44.4 Å². The number of fused-ring (bicyclic) bond motifs is 1. The third kappa shape index (κ3) is 4.80. The highest BCUT2D eigenvalue weighted by Gasteiger charge is 2.28. The van der Waals surface area contributed by atoms with Gasteiger partial charge in [0.2, 0.25) is 0 Å². The Bertz CT molecular complexity index is 1050. The molecule has 0 spiro atoms. The normalized spacial score (nSPS) is 15.1. The number of carbonyl (C=O) groups excluding carboxylic acids is 1. The Labute approximate surface area is 188 Å². The molecule has 0 fully saturated rings. The summed E-state index contributed by atoms with van der Waals surface area (Å²) in [4.78, 5) is 19.3. The zero-order valence-electron chi connectivity index (χ0n) is 18.9. The van der Waals surface area contributed by atoms with Crippen LogP contribution in [0.2, 0.25) is 0 Å². The SMILES string of the molecule is COc1ccccc1CN1CCc2nnc(C(NC(=O)c3ccccn3)C(C)C)n2CC1. The molecule has 0 radical (unpaired) electrons. The number of para-hydroxylation sites is 1. The van der Waals surface area contributed by atoms with Crippen molar-refractivity contribution in [3.8, 4) is 5.75 Å². The second-order valence-electron chi connectivity index (χ2n) is 8.37. The average Bonchev–Trinajstić information content (AvgIpc) is 3.11. The van der Waals surface area contributed by atoms with Crippen LogP contribution in [-0.2, 0) is 19.5 Å². The fraction of sp³-hybridized carbons (Fsp3) is 0.417. The standard InChI is InChI=1S/C24H30N6O2/c1-17(2)22(26-24(31)19-9-6-7-12-25-19)23-28-27-21-11-13-29(14-15-30(21)23)16-18-8-4-5-10-20(18)32-3/h4-10,12,17,22H,11,13-16H2,1-3H3,(H,26,31). The van der Waals surface area contributed by atoms with Gasteiger partial charge in [-0.05, 0) is 24.1 Å². The summed E-state index contributed by atoms with van der Waals surface area (Å²) in [5.41, 5.74) is 1.58. The lowest BCUT2D eigenvalue weighted by Crippen LogP contribution is -2.34. The molecule has 2 aromatic heterocycles. The second kappa shape index (κ2) is 9.91. The molecule has 1 unspecified atom stereocenters. The molecule has 8 nitrogen and oxygen atoms in total. The molecule has 3 heterocycles. The molecule has 0 saturated carbocycles. The van der Waals surface area contributed by atoms with Crippen LogP contribution in [0, 0.1) is 5.92 Å². The Morgan fingerprint density at radius 1 is 1.09 bits per heavy atom. The monoisotopic (exact) mass is 434 g/mol. The van der Waals surface area contributed by atoms with E-state index in [-0.39, 0.29) is 17.9 Å². The summed E-state index contributed by atoms with van der Waals surface area (Å²) in [6.07, 6.45) is 2.43. The lowest BCUT2D eigenvalue weighted by molar-refractivity contribution is 0.0916. The minimum Gasteiger partial charge on any atom is -0.496 e. The molecule has 0 aliphatic carbocycles. The van der Waals surface area contributed by atoms with Crippen molar-refractivity contribution in [2.75, 3.05) is 20.2 Å². The van der Waals surface area contributed by atoms with E-state index < -0.39 is 0 Å². The van der Waals surface area contributed by atoms with Crippen LogP contribution in [-0.4, -0.2) is 50.8 Å². The fourth-order valence-corrected chi connectivity index (χ4v) is 4.09. The summed E-state index contributed by atoms with van der Waals surface area (Å²) in [6.45, 7) is 7.51. The Hall–Kier alpha value is -3.26. The first kappa shape index (κ1) is 22.0. The smallest absolute Gasteiger partial charge is 0.270 e. The third-order valence-corrected chi connectivity index (χ3v) is 5.86. The molecule has 1 aromatic carbocycles. The van der Waals surface area contributed by atoms with Crippen LogP contribution < -0.4 is 10.1 Å². The number of nitrogens with one attached hydrogen (secondary N) is 1. The molecule has 1 aliphatic heterocycles. The van der Waals surface area contributed by atoms with Crippen molar-refractivity contribution in [1.29, 1.82) is 0 Å². The molecule has 32 heavy (non-hydrogen) atoms. The Morgan fingerprint density at radius 2 is 1.91 bits per heavy atom. The molecule has 1 amide bonds. The number of nitrogens with zero attached hydrogens (tertiary/aromatic N) is 5. The predicted octanol–water partition coefficient (Wildman–Crippen LogP) is 2.87. The Morgan fingerprint density at radius 3 is 2.66 bits per heavy atom. The molecule has 1 atom stereocenters. The number of aromatic nitrogens is 4. The van der Waals surface area contributed by atoms with Crippen LogP contribution in [0.3, 0.4) is 0 Å². The predicted molar refractivity (Wildman–Crippen MR) is 121 cm³/mol. The molecule has 8 heteroatoms. The van der Waals surface area contributed by atoms with E-state index in [1.54, 1.807) is 25.4 Å². The van der Waals surface area contributed by atoms with Gasteiger partial charge in [0.05, 0.1) is 13.2 Å². The van der Waals surface area contributed by atoms with Crippen LogP contribution in [0.25, 0.3) is 0 Å². The lowest BCUT2D eigenvalue weighted by atomic mass is 10.0. The second-order valence-corrected chi connectivity index (χ2v) is 8.37. The maximum atomic E-state index is 12.8. The van der Waals surface area contributed by atoms with Crippen molar-refractivity contribution in [2.45, 2.75) is 39.4 Å². The average molecular weight is 435 g/mol. The van der Waals surface area contributed by atoms with E-state index in [9.17, 15) is 4.79 Å². The molecule has 0 bridgehead atoms. The summed E-state index contributed by atoms with van der Waals surface area (Å²) in [6, 6.07) is 13.2. The van der Waals surface area contributed by atoms with Gasteiger partial charge in [0.15, 0.2) is 5.82 Å². The number of ether oxygens (including phenoxy) is 1. The first-order chi connectivity index (χ1) is 15.6. The fourth-order valence-electron chi connectivity index (χ4n) is 4.09. The van der Waals surface area contributed by atoms with Gasteiger partial charge in [-0.3, -0.25) is 14.7 Å². The van der Waals surface area contributed by atoms with E-state index in [1.165, 1.54) is 5.56 Å². The van der Waals surface area contributed by atoms with Crippen molar-refractivity contribution in [1.82, 2.24) is 30.0 Å². The first-order valence-corrected chi connectivity index (χ1v) is 11.0. The van der Waals surface area contributed by atoms with E-state index >= 15 is 0 Å². The van der Waals surface area contributed by atoms with E-state index in [4.69, 9.17) is 4.74 Å². The number of hydrogen-bond acceptors (Lipinski definition) is 6. The maximum absolute atomic E-state index is 12.8. The summed E-state index contributed by atoms with van der Waals surface area (Å²) in [7, 11) is 1.71. The highest BCUT2D eigenvalue weighted by molar-refractivity contribution is 5.92. The number of rotatable bonds is 7. The summed E-state index contributed by atoms with van der Waals surface area (Å²) in [5, 5.41) is 12.1. The summed E-state index contributed by atoms with van der Waals surface area (Å²) >= 11 is 0. The molecular formula is C24H30N6O2. The van der Waals surface area contributed by atoms with Crippen LogP contribution in [0.15, 0.2) is 48.7 Å². The van der Waals surface area contributed by atoms with Crippen LogP contribution in [0.5, 0.6) is 5.75 Å². The number of methoxy groups -OCH3 is 1. The van der Waals surface area contributed by atoms with Gasteiger partial charge in [0.1, 0.15) is 17.3 Å². The van der Waals surface area contributed by atoms with E-state index in [1.807, 2.05) is 24.3 Å². The molecular weight excluding hydrogens is 404 g/mol. The zero-order chi connectivity index (χ0) is 22.5.